The number of hydrogen-bond acceptors (Lipinski definition) is 3. The van der Waals surface area contributed by atoms with Crippen LogP contribution in [0.5, 0.6) is 0 Å². The van der Waals surface area contributed by atoms with Gasteiger partial charge >= 0.3 is 0 Å². The Balaban J connectivity index is 3.24. The van der Waals surface area contributed by atoms with Gasteiger partial charge in [0.05, 0.1) is 11.5 Å². The van der Waals surface area contributed by atoms with Crippen LogP contribution in [-0.4, -0.2) is 40.0 Å². The molecule has 0 radical (unpaired) electrons. The smallest absolute Gasteiger partial charge is 0.243 e. The van der Waals surface area contributed by atoms with Gasteiger partial charge in [0.2, 0.25) is 10.0 Å². The van der Waals surface area contributed by atoms with E-state index in [9.17, 15) is 8.42 Å². The molecular weight excluding hydrogens is 286 g/mol. The van der Waals surface area contributed by atoms with Gasteiger partial charge in [-0.3, -0.25) is 0 Å². The first kappa shape index (κ1) is 16.4. The largest absolute Gasteiger partial charge is 0.383 e. The monoisotopic (exact) mass is 305 g/mol. The van der Waals surface area contributed by atoms with Crippen molar-refractivity contribution < 1.29 is 13.2 Å². The van der Waals surface area contributed by atoms with E-state index in [0.717, 1.165) is 16.7 Å². The van der Waals surface area contributed by atoms with E-state index in [2.05, 4.69) is 0 Å². The molecule has 1 rings (SSSR count). The van der Waals surface area contributed by atoms with Crippen molar-refractivity contribution in [1.82, 2.24) is 4.31 Å². The fourth-order valence-electron chi connectivity index (χ4n) is 1.75. The van der Waals surface area contributed by atoms with Crippen molar-refractivity contribution in [3.63, 3.8) is 0 Å². The summed E-state index contributed by atoms with van der Waals surface area (Å²) in [6.07, 6.45) is 0. The molecule has 0 aliphatic heterocycles. The zero-order valence-electron chi connectivity index (χ0n) is 11.7. The zero-order chi connectivity index (χ0) is 14.6. The van der Waals surface area contributed by atoms with Crippen molar-refractivity contribution in [2.24, 2.45) is 0 Å². The topological polar surface area (TPSA) is 46.6 Å². The molecule has 1 aromatic carbocycles. The summed E-state index contributed by atoms with van der Waals surface area (Å²) in [5.41, 5.74) is 2.50. The lowest BCUT2D eigenvalue weighted by atomic mass is 10.1. The Morgan fingerprint density at radius 1 is 1.32 bits per heavy atom. The molecule has 0 N–H and O–H groups in total. The molecule has 0 unspecified atom stereocenters. The highest BCUT2D eigenvalue weighted by atomic mass is 35.5. The molecule has 0 amide bonds. The fraction of sp³-hybridized carbons (Fsp3) is 0.538. The van der Waals surface area contributed by atoms with Crippen LogP contribution in [0.15, 0.2) is 17.0 Å². The Bertz CT molecular complexity index is 543. The third-order valence-electron chi connectivity index (χ3n) is 3.13. The van der Waals surface area contributed by atoms with Gasteiger partial charge in [0.25, 0.3) is 0 Å². The third-order valence-corrected chi connectivity index (χ3v) is 5.42. The number of rotatable bonds is 6. The molecule has 0 fully saturated rings. The van der Waals surface area contributed by atoms with Crippen LogP contribution >= 0.6 is 11.6 Å². The van der Waals surface area contributed by atoms with Gasteiger partial charge in [0.1, 0.15) is 0 Å². The molecule has 0 aliphatic carbocycles. The maximum absolute atomic E-state index is 12.5. The van der Waals surface area contributed by atoms with Crippen molar-refractivity contribution in [2.75, 3.05) is 27.3 Å². The first-order valence-electron chi connectivity index (χ1n) is 5.96. The van der Waals surface area contributed by atoms with Crippen LogP contribution in [0.2, 0.25) is 0 Å². The van der Waals surface area contributed by atoms with Gasteiger partial charge < -0.3 is 4.74 Å². The summed E-state index contributed by atoms with van der Waals surface area (Å²) in [6.45, 7) is 4.38. The Hall–Kier alpha value is -0.620. The van der Waals surface area contributed by atoms with Gasteiger partial charge in [-0.15, -0.1) is 11.6 Å². The van der Waals surface area contributed by atoms with Crippen molar-refractivity contribution in [1.29, 1.82) is 0 Å². The number of alkyl halides is 1. The molecule has 6 heteroatoms. The third kappa shape index (κ3) is 3.69. The number of nitrogens with zero attached hydrogens (tertiary/aromatic N) is 1. The summed E-state index contributed by atoms with van der Waals surface area (Å²) in [5.74, 6) is 0.297. The molecule has 19 heavy (non-hydrogen) atoms. The maximum atomic E-state index is 12.5. The van der Waals surface area contributed by atoms with Crippen LogP contribution in [0.1, 0.15) is 16.7 Å². The number of ether oxygens (including phenoxy) is 1. The number of likely N-dealkylation sites (N-methyl/N-ethyl adjacent to an activating group) is 1. The Labute approximate surface area is 120 Å². The number of aryl methyl sites for hydroxylation is 1. The summed E-state index contributed by atoms with van der Waals surface area (Å²) in [4.78, 5) is 0.321. The first-order chi connectivity index (χ1) is 8.84. The van der Waals surface area contributed by atoms with Crippen LogP contribution < -0.4 is 0 Å². The average Bonchev–Trinajstić information content (AvgIpc) is 2.38. The van der Waals surface area contributed by atoms with Crippen LogP contribution in [-0.2, 0) is 20.6 Å². The molecule has 0 atom stereocenters. The van der Waals surface area contributed by atoms with Gasteiger partial charge in [-0.1, -0.05) is 6.07 Å². The molecule has 0 aliphatic rings. The second-order valence-corrected chi connectivity index (χ2v) is 6.77. The normalized spacial score (nSPS) is 12.1. The van der Waals surface area contributed by atoms with Gasteiger partial charge in [0.15, 0.2) is 0 Å². The standard InChI is InChI=1S/C13H20ClNO3S/c1-10-7-12(9-14)8-13(11(10)2)19(16,17)15(3)5-6-18-4/h7-8H,5-6,9H2,1-4H3. The number of hydrogen-bond donors (Lipinski definition) is 0. The van der Waals surface area contributed by atoms with Gasteiger partial charge in [-0.2, -0.15) is 4.31 Å². The number of halogens is 1. The van der Waals surface area contributed by atoms with Crippen molar-refractivity contribution >= 4 is 21.6 Å². The van der Waals surface area contributed by atoms with Crippen molar-refractivity contribution in [2.45, 2.75) is 24.6 Å². The van der Waals surface area contributed by atoms with E-state index in [-0.39, 0.29) is 0 Å². The quantitative estimate of drug-likeness (QED) is 0.758. The molecule has 0 saturated heterocycles. The van der Waals surface area contributed by atoms with Crippen molar-refractivity contribution in [3.05, 3.63) is 28.8 Å². The minimum absolute atomic E-state index is 0.297. The zero-order valence-corrected chi connectivity index (χ0v) is 13.3. The molecule has 0 heterocycles. The summed E-state index contributed by atoms with van der Waals surface area (Å²) in [5, 5.41) is 0. The molecule has 108 valence electrons. The van der Waals surface area contributed by atoms with E-state index in [1.807, 2.05) is 19.9 Å². The highest BCUT2D eigenvalue weighted by Crippen LogP contribution is 2.24. The van der Waals surface area contributed by atoms with Crippen LogP contribution in [0, 0.1) is 13.8 Å². The number of methoxy groups -OCH3 is 1. The molecule has 0 spiro atoms. The van der Waals surface area contributed by atoms with E-state index < -0.39 is 10.0 Å². The van der Waals surface area contributed by atoms with E-state index in [0.29, 0.717) is 23.9 Å². The highest BCUT2D eigenvalue weighted by molar-refractivity contribution is 7.89. The number of benzene rings is 1. The lowest BCUT2D eigenvalue weighted by molar-refractivity contribution is 0.185. The Morgan fingerprint density at radius 2 is 1.95 bits per heavy atom. The van der Waals surface area contributed by atoms with Crippen LogP contribution in [0.3, 0.4) is 0 Å². The van der Waals surface area contributed by atoms with Crippen LogP contribution in [0.4, 0.5) is 0 Å². The fourth-order valence-corrected chi connectivity index (χ4v) is 3.41. The van der Waals surface area contributed by atoms with Crippen LogP contribution in [0.25, 0.3) is 0 Å². The predicted molar refractivity (Wildman–Crippen MR) is 77.2 cm³/mol. The summed E-state index contributed by atoms with van der Waals surface area (Å²) in [6, 6.07) is 3.56. The lowest BCUT2D eigenvalue weighted by Crippen LogP contribution is -2.30. The van der Waals surface area contributed by atoms with Gasteiger partial charge in [-0.25, -0.2) is 8.42 Å². The molecule has 1 aromatic rings. The molecular formula is C13H20ClNO3S. The van der Waals surface area contributed by atoms with Gasteiger partial charge in [0, 0.05) is 26.6 Å². The molecule has 4 nitrogen and oxygen atoms in total. The van der Waals surface area contributed by atoms with Gasteiger partial charge in [-0.05, 0) is 36.6 Å². The maximum Gasteiger partial charge on any atom is 0.243 e. The second-order valence-electron chi connectivity index (χ2n) is 4.49. The van der Waals surface area contributed by atoms with Crippen molar-refractivity contribution in [3.8, 4) is 0 Å². The van der Waals surface area contributed by atoms with E-state index in [1.54, 1.807) is 20.2 Å². The second kappa shape index (κ2) is 6.70. The Morgan fingerprint density at radius 3 is 2.47 bits per heavy atom. The minimum atomic E-state index is -3.50. The minimum Gasteiger partial charge on any atom is -0.383 e. The first-order valence-corrected chi connectivity index (χ1v) is 7.93. The molecule has 0 bridgehead atoms. The Kier molecular flexibility index (Phi) is 5.80. The summed E-state index contributed by atoms with van der Waals surface area (Å²) in [7, 11) is -0.405. The van der Waals surface area contributed by atoms with E-state index in [1.165, 1.54) is 4.31 Å². The SMILES string of the molecule is COCCN(C)S(=O)(=O)c1cc(CCl)cc(C)c1C. The summed E-state index contributed by atoms with van der Waals surface area (Å²) < 4.78 is 31.2. The number of sulfonamides is 1. The molecule has 0 aromatic heterocycles. The van der Waals surface area contributed by atoms with E-state index in [4.69, 9.17) is 16.3 Å². The predicted octanol–water partition coefficient (Wildman–Crippen LogP) is 2.31. The van der Waals surface area contributed by atoms with E-state index >= 15 is 0 Å². The lowest BCUT2D eigenvalue weighted by Gasteiger charge is -2.19. The highest BCUT2D eigenvalue weighted by Gasteiger charge is 2.23. The average molecular weight is 306 g/mol. The molecule has 0 saturated carbocycles. The summed E-state index contributed by atoms with van der Waals surface area (Å²) >= 11 is 5.81.